The summed E-state index contributed by atoms with van der Waals surface area (Å²) in [7, 11) is 0. The summed E-state index contributed by atoms with van der Waals surface area (Å²) in [5.41, 5.74) is 6.12. The molecule has 0 aromatic heterocycles. The van der Waals surface area contributed by atoms with Crippen molar-refractivity contribution >= 4 is 21.6 Å². The molecule has 0 amide bonds. The Balaban J connectivity index is 2.34. The number of hydrogen-bond acceptors (Lipinski definition) is 2. The lowest BCUT2D eigenvalue weighted by atomic mass is 10.3. The molecule has 70 valence electrons. The van der Waals surface area contributed by atoms with E-state index in [9.17, 15) is 4.39 Å². The van der Waals surface area contributed by atoms with E-state index >= 15 is 0 Å². The average molecular weight is 246 g/mol. The van der Waals surface area contributed by atoms with E-state index in [1.54, 1.807) is 0 Å². The number of ether oxygens (including phenoxy) is 1. The van der Waals surface area contributed by atoms with Crippen molar-refractivity contribution in [2.75, 3.05) is 5.73 Å². The van der Waals surface area contributed by atoms with Crippen LogP contribution in [0.25, 0.3) is 0 Å². The second-order valence-electron chi connectivity index (χ2n) is 3.10. The van der Waals surface area contributed by atoms with E-state index < -0.39 is 0 Å². The monoisotopic (exact) mass is 245 g/mol. The Morgan fingerprint density at radius 3 is 2.77 bits per heavy atom. The number of benzene rings is 1. The summed E-state index contributed by atoms with van der Waals surface area (Å²) in [6.07, 6.45) is 2.28. The lowest BCUT2D eigenvalue weighted by Crippen LogP contribution is -2.01. The van der Waals surface area contributed by atoms with Crippen LogP contribution in [0.15, 0.2) is 16.6 Å². The maximum absolute atomic E-state index is 13.0. The van der Waals surface area contributed by atoms with E-state index in [-0.39, 0.29) is 11.9 Å². The molecule has 2 nitrogen and oxygen atoms in total. The van der Waals surface area contributed by atoms with Gasteiger partial charge in [0.1, 0.15) is 5.82 Å². The third kappa shape index (κ3) is 1.77. The van der Waals surface area contributed by atoms with Crippen molar-refractivity contribution in [2.45, 2.75) is 18.9 Å². The Labute approximate surface area is 84.0 Å². The topological polar surface area (TPSA) is 35.2 Å². The van der Waals surface area contributed by atoms with Gasteiger partial charge in [0.25, 0.3) is 0 Å². The van der Waals surface area contributed by atoms with Crippen LogP contribution in [0, 0.1) is 5.82 Å². The van der Waals surface area contributed by atoms with Crippen LogP contribution in [0.3, 0.4) is 0 Å². The predicted octanol–water partition coefficient (Wildman–Crippen LogP) is 2.71. The van der Waals surface area contributed by atoms with E-state index in [1.165, 1.54) is 12.1 Å². The fourth-order valence-corrected chi connectivity index (χ4v) is 1.47. The Bertz CT molecular complexity index is 339. The van der Waals surface area contributed by atoms with Crippen LogP contribution in [0.4, 0.5) is 10.1 Å². The van der Waals surface area contributed by atoms with E-state index in [1.807, 2.05) is 0 Å². The molecule has 0 heterocycles. The molecule has 1 aliphatic carbocycles. The minimum absolute atomic E-state index is 0.223. The third-order valence-electron chi connectivity index (χ3n) is 1.89. The van der Waals surface area contributed by atoms with Gasteiger partial charge in [0.15, 0.2) is 5.75 Å². The molecule has 0 bridgehead atoms. The van der Waals surface area contributed by atoms with Gasteiger partial charge >= 0.3 is 0 Å². The highest BCUT2D eigenvalue weighted by Crippen LogP contribution is 2.37. The summed E-state index contributed by atoms with van der Waals surface area (Å²) < 4.78 is 18.8. The van der Waals surface area contributed by atoms with Gasteiger partial charge in [-0.15, -0.1) is 0 Å². The molecule has 2 N–H and O–H groups in total. The lowest BCUT2D eigenvalue weighted by molar-refractivity contribution is 0.301. The fraction of sp³-hybridized carbons (Fsp3) is 0.333. The zero-order chi connectivity index (χ0) is 9.42. The first kappa shape index (κ1) is 8.81. The van der Waals surface area contributed by atoms with Crippen LogP contribution in [-0.2, 0) is 0 Å². The molecule has 0 aliphatic heterocycles. The molecular weight excluding hydrogens is 237 g/mol. The quantitative estimate of drug-likeness (QED) is 0.814. The molecule has 0 radical (unpaired) electrons. The predicted molar refractivity (Wildman–Crippen MR) is 52.2 cm³/mol. The lowest BCUT2D eigenvalue weighted by Gasteiger charge is -2.09. The molecule has 0 saturated heterocycles. The summed E-state index contributed by atoms with van der Waals surface area (Å²) in [6.45, 7) is 0. The highest BCUT2D eigenvalue weighted by molar-refractivity contribution is 9.10. The second-order valence-corrected chi connectivity index (χ2v) is 3.89. The van der Waals surface area contributed by atoms with Crippen LogP contribution < -0.4 is 10.5 Å². The van der Waals surface area contributed by atoms with Crippen molar-refractivity contribution in [3.63, 3.8) is 0 Å². The van der Waals surface area contributed by atoms with Gasteiger partial charge in [0, 0.05) is 0 Å². The van der Waals surface area contributed by atoms with Gasteiger partial charge in [-0.1, -0.05) is 0 Å². The van der Waals surface area contributed by atoms with Crippen molar-refractivity contribution in [1.29, 1.82) is 0 Å². The standard InChI is InChI=1S/C9H9BrFNO/c10-8-6(11)3-4-7(12)9(8)13-5-1-2-5/h3-5H,1-2,12H2. The van der Waals surface area contributed by atoms with Crippen molar-refractivity contribution in [3.05, 3.63) is 22.4 Å². The summed E-state index contributed by atoms with van der Waals surface area (Å²) in [6, 6.07) is 2.83. The Hall–Kier alpha value is -0.770. The average Bonchev–Trinajstić information content (AvgIpc) is 2.89. The summed E-state index contributed by atoms with van der Waals surface area (Å²) in [4.78, 5) is 0. The normalized spacial score (nSPS) is 15.8. The van der Waals surface area contributed by atoms with Crippen LogP contribution in [0.5, 0.6) is 5.75 Å². The molecular formula is C9H9BrFNO. The highest BCUT2D eigenvalue weighted by Gasteiger charge is 2.26. The Morgan fingerprint density at radius 1 is 1.46 bits per heavy atom. The molecule has 1 saturated carbocycles. The van der Waals surface area contributed by atoms with E-state index in [0.717, 1.165) is 12.8 Å². The number of rotatable bonds is 2. The molecule has 1 aromatic rings. The van der Waals surface area contributed by atoms with Crippen LogP contribution >= 0.6 is 15.9 Å². The van der Waals surface area contributed by atoms with Gasteiger partial charge in [0.05, 0.1) is 16.3 Å². The number of hydrogen-bond donors (Lipinski definition) is 1. The molecule has 2 rings (SSSR count). The summed E-state index contributed by atoms with van der Waals surface area (Å²) in [5.74, 6) is 0.0901. The Morgan fingerprint density at radius 2 is 2.15 bits per heavy atom. The Kier molecular flexibility index (Phi) is 2.15. The largest absolute Gasteiger partial charge is 0.487 e. The molecule has 4 heteroatoms. The minimum Gasteiger partial charge on any atom is -0.487 e. The molecule has 0 spiro atoms. The zero-order valence-electron chi connectivity index (χ0n) is 6.89. The van der Waals surface area contributed by atoms with Gasteiger partial charge in [-0.3, -0.25) is 0 Å². The van der Waals surface area contributed by atoms with Crippen molar-refractivity contribution in [3.8, 4) is 5.75 Å². The van der Waals surface area contributed by atoms with Crippen LogP contribution in [-0.4, -0.2) is 6.10 Å². The zero-order valence-corrected chi connectivity index (χ0v) is 8.47. The first-order valence-electron chi connectivity index (χ1n) is 4.08. The first-order valence-corrected chi connectivity index (χ1v) is 4.88. The number of nitrogen functional groups attached to an aromatic ring is 1. The van der Waals surface area contributed by atoms with Gasteiger partial charge in [0.2, 0.25) is 0 Å². The molecule has 0 atom stereocenters. The minimum atomic E-state index is -0.343. The van der Waals surface area contributed by atoms with Crippen molar-refractivity contribution < 1.29 is 9.13 Å². The highest BCUT2D eigenvalue weighted by atomic mass is 79.9. The SMILES string of the molecule is Nc1ccc(F)c(Br)c1OC1CC1. The van der Waals surface area contributed by atoms with Crippen molar-refractivity contribution in [1.82, 2.24) is 0 Å². The smallest absolute Gasteiger partial charge is 0.159 e. The summed E-state index contributed by atoms with van der Waals surface area (Å²) in [5, 5.41) is 0. The van der Waals surface area contributed by atoms with Crippen LogP contribution in [0.1, 0.15) is 12.8 Å². The van der Waals surface area contributed by atoms with Gasteiger partial charge in [-0.2, -0.15) is 0 Å². The third-order valence-corrected chi connectivity index (χ3v) is 2.63. The van der Waals surface area contributed by atoms with E-state index in [2.05, 4.69) is 15.9 Å². The van der Waals surface area contributed by atoms with Gasteiger partial charge in [-0.25, -0.2) is 4.39 Å². The molecule has 1 aromatic carbocycles. The molecule has 1 aliphatic rings. The number of halogens is 2. The molecule has 1 fully saturated rings. The van der Waals surface area contributed by atoms with E-state index in [0.29, 0.717) is 15.9 Å². The first-order chi connectivity index (χ1) is 6.18. The summed E-state index contributed by atoms with van der Waals surface area (Å²) >= 11 is 3.11. The number of anilines is 1. The van der Waals surface area contributed by atoms with Crippen LogP contribution in [0.2, 0.25) is 0 Å². The molecule has 0 unspecified atom stereocenters. The second kappa shape index (κ2) is 3.18. The van der Waals surface area contributed by atoms with Crippen molar-refractivity contribution in [2.24, 2.45) is 0 Å². The van der Waals surface area contributed by atoms with E-state index in [4.69, 9.17) is 10.5 Å². The molecule has 13 heavy (non-hydrogen) atoms. The van der Waals surface area contributed by atoms with Gasteiger partial charge in [-0.05, 0) is 40.9 Å². The fourth-order valence-electron chi connectivity index (χ4n) is 1.02. The van der Waals surface area contributed by atoms with Gasteiger partial charge < -0.3 is 10.5 Å². The maximum atomic E-state index is 13.0. The maximum Gasteiger partial charge on any atom is 0.159 e. The number of nitrogens with two attached hydrogens (primary N) is 1.